The molecule has 1 N–H and O–H groups in total. The number of para-hydroxylation sites is 1. The maximum atomic E-state index is 12.4. The van der Waals surface area contributed by atoms with Gasteiger partial charge in [0.25, 0.3) is 5.91 Å². The maximum absolute atomic E-state index is 12.4. The monoisotopic (exact) mass is 453 g/mol. The van der Waals surface area contributed by atoms with E-state index in [1.165, 1.54) is 11.4 Å². The van der Waals surface area contributed by atoms with Crippen LogP contribution in [-0.2, 0) is 29.1 Å². The van der Waals surface area contributed by atoms with Crippen LogP contribution in [0.4, 0.5) is 5.69 Å². The van der Waals surface area contributed by atoms with E-state index in [9.17, 15) is 22.8 Å². The van der Waals surface area contributed by atoms with Crippen molar-refractivity contribution in [3.8, 4) is 0 Å². The summed E-state index contributed by atoms with van der Waals surface area (Å²) < 4.78 is 30.9. The van der Waals surface area contributed by atoms with Gasteiger partial charge in [0.15, 0.2) is 6.61 Å². The van der Waals surface area contributed by atoms with E-state index in [1.807, 2.05) is 32.0 Å². The molecule has 0 radical (unpaired) electrons. The molecule has 1 atom stereocenters. The number of nitrogens with one attached hydrogen (secondary N) is 1. The molecule has 9 nitrogen and oxygen atoms in total. The first kappa shape index (κ1) is 24.8. The van der Waals surface area contributed by atoms with Crippen molar-refractivity contribution < 1.29 is 27.5 Å². The number of ether oxygens (including phenoxy) is 1. The lowest BCUT2D eigenvalue weighted by atomic mass is 10.1. The number of rotatable bonds is 9. The fourth-order valence-corrected chi connectivity index (χ4v) is 5.25. The average Bonchev–Trinajstić information content (AvgIpc) is 3.19. The van der Waals surface area contributed by atoms with Gasteiger partial charge in [-0.1, -0.05) is 25.1 Å². The van der Waals surface area contributed by atoms with Crippen molar-refractivity contribution in [3.63, 3.8) is 0 Å². The number of hydrogen-bond donors (Lipinski definition) is 1. The summed E-state index contributed by atoms with van der Waals surface area (Å²) in [5, 5.41) is 2.79. The molecule has 0 bridgehead atoms. The van der Waals surface area contributed by atoms with E-state index in [2.05, 4.69) is 5.32 Å². The Morgan fingerprint density at radius 3 is 2.48 bits per heavy atom. The molecule has 0 spiro atoms. The molecule has 0 aromatic heterocycles. The molecular formula is C21H31N3O6S. The molecule has 172 valence electrons. The minimum atomic E-state index is -3.53. The first-order valence-electron chi connectivity index (χ1n) is 10.3. The van der Waals surface area contributed by atoms with Crippen molar-refractivity contribution in [2.45, 2.75) is 46.1 Å². The molecular weight excluding hydrogens is 422 g/mol. The number of anilines is 1. The van der Waals surface area contributed by atoms with Gasteiger partial charge in [-0.3, -0.25) is 14.4 Å². The maximum Gasteiger partial charge on any atom is 0.324 e. The van der Waals surface area contributed by atoms with Crippen LogP contribution in [0.5, 0.6) is 0 Å². The third kappa shape index (κ3) is 6.51. The number of esters is 1. The number of hydrogen-bond acceptors (Lipinski definition) is 6. The van der Waals surface area contributed by atoms with Gasteiger partial charge in [0.1, 0.15) is 6.04 Å². The van der Waals surface area contributed by atoms with E-state index >= 15 is 0 Å². The van der Waals surface area contributed by atoms with Gasteiger partial charge in [-0.2, -0.15) is 4.31 Å². The van der Waals surface area contributed by atoms with E-state index < -0.39 is 34.5 Å². The summed E-state index contributed by atoms with van der Waals surface area (Å²) in [7, 11) is -2.09. The number of sulfonamides is 1. The lowest BCUT2D eigenvalue weighted by Crippen LogP contribution is -2.43. The van der Waals surface area contributed by atoms with E-state index in [-0.39, 0.29) is 24.7 Å². The van der Waals surface area contributed by atoms with Crippen molar-refractivity contribution in [3.05, 3.63) is 29.3 Å². The second-order valence-corrected chi connectivity index (χ2v) is 9.80. The third-order valence-corrected chi connectivity index (χ3v) is 7.26. The number of carbonyl (C=O) groups is 3. The summed E-state index contributed by atoms with van der Waals surface area (Å²) in [4.78, 5) is 38.2. The van der Waals surface area contributed by atoms with Crippen molar-refractivity contribution in [2.24, 2.45) is 0 Å². The summed E-state index contributed by atoms with van der Waals surface area (Å²) in [6, 6.07) is 4.75. The zero-order valence-electron chi connectivity index (χ0n) is 18.5. The Morgan fingerprint density at radius 1 is 1.23 bits per heavy atom. The van der Waals surface area contributed by atoms with Crippen molar-refractivity contribution in [1.29, 1.82) is 0 Å². The normalized spacial score (nSPS) is 16.7. The Kier molecular flexibility index (Phi) is 8.58. The minimum Gasteiger partial charge on any atom is -0.454 e. The molecule has 0 aliphatic carbocycles. The van der Waals surface area contributed by atoms with Crippen LogP contribution in [0.2, 0.25) is 0 Å². The lowest BCUT2D eigenvalue weighted by Gasteiger charge is -2.23. The predicted octanol–water partition coefficient (Wildman–Crippen LogP) is 1.45. The van der Waals surface area contributed by atoms with Crippen LogP contribution < -0.4 is 5.32 Å². The highest BCUT2D eigenvalue weighted by Crippen LogP contribution is 2.23. The van der Waals surface area contributed by atoms with Gasteiger partial charge in [0.05, 0.1) is 12.3 Å². The number of carbonyl (C=O) groups excluding carboxylic acids is 3. The lowest BCUT2D eigenvalue weighted by molar-refractivity contribution is -0.154. The van der Waals surface area contributed by atoms with Gasteiger partial charge >= 0.3 is 5.97 Å². The van der Waals surface area contributed by atoms with E-state index in [0.29, 0.717) is 24.9 Å². The van der Waals surface area contributed by atoms with Gasteiger partial charge in [-0.25, -0.2) is 8.42 Å². The summed E-state index contributed by atoms with van der Waals surface area (Å²) in [6.45, 7) is 5.03. The zero-order chi connectivity index (χ0) is 23.2. The summed E-state index contributed by atoms with van der Waals surface area (Å²) >= 11 is 0. The fourth-order valence-electron chi connectivity index (χ4n) is 3.52. The molecule has 31 heavy (non-hydrogen) atoms. The Morgan fingerprint density at radius 2 is 1.87 bits per heavy atom. The Balaban J connectivity index is 1.87. The molecule has 1 aliphatic heterocycles. The standard InChI is InChI=1S/C21H31N3O6S/c1-5-12-31(28,29)24-11-7-10-17(24)21(27)30-14-19(26)23(4)13-18(25)22-20-15(2)8-6-9-16(20)3/h6,8-9,17H,5,7,10-14H2,1-4H3,(H,22,25). The minimum absolute atomic E-state index is 0.0338. The number of likely N-dealkylation sites (N-methyl/N-ethyl adjacent to an activating group) is 1. The highest BCUT2D eigenvalue weighted by molar-refractivity contribution is 7.89. The first-order chi connectivity index (χ1) is 14.6. The average molecular weight is 454 g/mol. The van der Waals surface area contributed by atoms with Gasteiger partial charge < -0.3 is 15.0 Å². The third-order valence-electron chi connectivity index (χ3n) is 5.19. The molecule has 1 aromatic rings. The van der Waals surface area contributed by atoms with Crippen molar-refractivity contribution in [1.82, 2.24) is 9.21 Å². The highest BCUT2D eigenvalue weighted by Gasteiger charge is 2.39. The predicted molar refractivity (Wildman–Crippen MR) is 117 cm³/mol. The van der Waals surface area contributed by atoms with E-state index in [0.717, 1.165) is 16.0 Å². The number of benzene rings is 1. The van der Waals surface area contributed by atoms with Crippen LogP contribution in [0, 0.1) is 13.8 Å². The topological polar surface area (TPSA) is 113 Å². The Bertz CT molecular complexity index is 911. The zero-order valence-corrected chi connectivity index (χ0v) is 19.3. The summed E-state index contributed by atoms with van der Waals surface area (Å²) in [5.41, 5.74) is 2.53. The van der Waals surface area contributed by atoms with Gasteiger partial charge in [-0.05, 0) is 44.2 Å². The van der Waals surface area contributed by atoms with E-state index in [1.54, 1.807) is 6.92 Å². The molecule has 1 fully saturated rings. The van der Waals surface area contributed by atoms with Gasteiger partial charge in [0.2, 0.25) is 15.9 Å². The van der Waals surface area contributed by atoms with E-state index in [4.69, 9.17) is 4.74 Å². The van der Waals surface area contributed by atoms with Crippen LogP contribution in [0.3, 0.4) is 0 Å². The first-order valence-corrected chi connectivity index (χ1v) is 11.9. The summed E-state index contributed by atoms with van der Waals surface area (Å²) in [5.74, 6) is -1.69. The molecule has 10 heteroatoms. The quantitative estimate of drug-likeness (QED) is 0.566. The molecule has 2 amide bonds. The molecule has 1 saturated heterocycles. The summed E-state index contributed by atoms with van der Waals surface area (Å²) in [6.07, 6.45) is 1.38. The van der Waals surface area contributed by atoms with Crippen molar-refractivity contribution >= 4 is 33.5 Å². The number of amides is 2. The van der Waals surface area contributed by atoms with Crippen LogP contribution in [-0.4, -0.2) is 73.9 Å². The van der Waals surface area contributed by atoms with Crippen LogP contribution in [0.15, 0.2) is 18.2 Å². The van der Waals surface area contributed by atoms with Crippen molar-refractivity contribution in [2.75, 3.05) is 37.8 Å². The van der Waals surface area contributed by atoms with Gasteiger partial charge in [-0.15, -0.1) is 0 Å². The second-order valence-electron chi connectivity index (χ2n) is 7.76. The molecule has 1 aromatic carbocycles. The van der Waals surface area contributed by atoms with Crippen LogP contribution in [0.25, 0.3) is 0 Å². The molecule has 2 rings (SSSR count). The van der Waals surface area contributed by atoms with Gasteiger partial charge in [0, 0.05) is 19.3 Å². The van der Waals surface area contributed by atoms with Crippen LogP contribution >= 0.6 is 0 Å². The fraction of sp³-hybridized carbons (Fsp3) is 0.571. The largest absolute Gasteiger partial charge is 0.454 e. The van der Waals surface area contributed by atoms with Crippen LogP contribution in [0.1, 0.15) is 37.3 Å². The SMILES string of the molecule is CCCS(=O)(=O)N1CCCC1C(=O)OCC(=O)N(C)CC(=O)Nc1c(C)cccc1C. The smallest absolute Gasteiger partial charge is 0.324 e. The Hall–Kier alpha value is -2.46. The molecule has 0 saturated carbocycles. The molecule has 1 aliphatic rings. The molecule has 1 heterocycles. The molecule has 1 unspecified atom stereocenters. The Labute approximate surface area is 183 Å². The highest BCUT2D eigenvalue weighted by atomic mass is 32.2. The second kappa shape index (κ2) is 10.7. The number of nitrogens with zero attached hydrogens (tertiary/aromatic N) is 2. The number of aryl methyl sites for hydroxylation is 2.